The molecule has 0 heterocycles. The molecular formula is C10H12F4N2O. The second-order valence-electron chi connectivity index (χ2n) is 3.52. The first kappa shape index (κ1) is 13.4. The molecular weight excluding hydrogens is 240 g/mol. The van der Waals surface area contributed by atoms with Crippen LogP contribution in [-0.2, 0) is 0 Å². The van der Waals surface area contributed by atoms with Crippen molar-refractivity contribution in [3.63, 3.8) is 0 Å². The highest BCUT2D eigenvalue weighted by Crippen LogP contribution is 2.31. The lowest BCUT2D eigenvalue weighted by molar-refractivity contribution is -0.119. The average Bonchev–Trinajstić information content (AvgIpc) is 2.14. The van der Waals surface area contributed by atoms with Crippen LogP contribution in [0.25, 0.3) is 0 Å². The Hall–Kier alpha value is -1.66. The van der Waals surface area contributed by atoms with Crippen LogP contribution < -0.4 is 15.4 Å². The van der Waals surface area contributed by atoms with Crippen LogP contribution in [0.5, 0.6) is 5.75 Å². The first-order valence-electron chi connectivity index (χ1n) is 4.65. The van der Waals surface area contributed by atoms with E-state index in [0.717, 1.165) is 17.0 Å². The molecule has 0 unspecified atom stereocenters. The Labute approximate surface area is 95.8 Å². The van der Waals surface area contributed by atoms with Crippen LogP contribution in [0.3, 0.4) is 0 Å². The molecule has 0 aliphatic carbocycles. The molecule has 2 N–H and O–H groups in total. The van der Waals surface area contributed by atoms with Gasteiger partial charge in [-0.1, -0.05) is 0 Å². The van der Waals surface area contributed by atoms with E-state index in [4.69, 9.17) is 5.73 Å². The Morgan fingerprint density at radius 1 is 1.35 bits per heavy atom. The van der Waals surface area contributed by atoms with Crippen molar-refractivity contribution < 1.29 is 22.3 Å². The van der Waals surface area contributed by atoms with E-state index in [1.807, 2.05) is 0 Å². The molecule has 0 saturated carbocycles. The summed E-state index contributed by atoms with van der Waals surface area (Å²) in [7, 11) is 2.44. The molecule has 0 spiro atoms. The summed E-state index contributed by atoms with van der Waals surface area (Å²) in [6.07, 6.45) is -4.36. The lowest BCUT2D eigenvalue weighted by Crippen LogP contribution is -2.31. The number of alkyl halides is 3. The highest BCUT2D eigenvalue weighted by Gasteiger charge is 2.30. The maximum atomic E-state index is 13.2. The molecule has 17 heavy (non-hydrogen) atoms. The average molecular weight is 252 g/mol. The van der Waals surface area contributed by atoms with E-state index in [0.29, 0.717) is 0 Å². The van der Waals surface area contributed by atoms with Crippen molar-refractivity contribution in [3.8, 4) is 5.75 Å². The molecule has 0 aliphatic rings. The topological polar surface area (TPSA) is 38.5 Å². The van der Waals surface area contributed by atoms with Gasteiger partial charge >= 0.3 is 6.18 Å². The number of anilines is 2. The van der Waals surface area contributed by atoms with E-state index < -0.39 is 18.5 Å². The number of nitrogen functional groups attached to an aromatic ring is 1. The molecule has 0 fully saturated rings. The summed E-state index contributed by atoms with van der Waals surface area (Å²) < 4.78 is 54.5. The van der Waals surface area contributed by atoms with Gasteiger partial charge in [0.2, 0.25) is 0 Å². The predicted octanol–water partition coefficient (Wildman–Crippen LogP) is 2.42. The molecule has 7 heteroatoms. The number of hydrogen-bond acceptors (Lipinski definition) is 3. The number of ether oxygens (including phenoxy) is 1. The van der Waals surface area contributed by atoms with Crippen LogP contribution >= 0.6 is 0 Å². The predicted molar refractivity (Wildman–Crippen MR) is 56.7 cm³/mol. The van der Waals surface area contributed by atoms with Crippen molar-refractivity contribution in [2.45, 2.75) is 6.18 Å². The number of rotatable bonds is 3. The third kappa shape index (κ3) is 3.40. The van der Waals surface area contributed by atoms with Crippen molar-refractivity contribution in [1.82, 2.24) is 0 Å². The molecule has 1 aromatic carbocycles. The van der Waals surface area contributed by atoms with Gasteiger partial charge in [0.1, 0.15) is 6.54 Å². The van der Waals surface area contributed by atoms with Gasteiger partial charge in [-0.3, -0.25) is 0 Å². The van der Waals surface area contributed by atoms with Gasteiger partial charge in [-0.15, -0.1) is 0 Å². The summed E-state index contributed by atoms with van der Waals surface area (Å²) in [6.45, 7) is -1.17. The summed E-state index contributed by atoms with van der Waals surface area (Å²) in [5.41, 5.74) is 5.46. The van der Waals surface area contributed by atoms with Crippen LogP contribution in [0.1, 0.15) is 0 Å². The van der Waals surface area contributed by atoms with Crippen molar-refractivity contribution in [3.05, 3.63) is 17.9 Å². The molecule has 96 valence electrons. The number of nitrogens with zero attached hydrogens (tertiary/aromatic N) is 1. The van der Waals surface area contributed by atoms with Crippen molar-refractivity contribution in [2.24, 2.45) is 0 Å². The maximum Gasteiger partial charge on any atom is 0.405 e. The van der Waals surface area contributed by atoms with Gasteiger partial charge in [-0.2, -0.15) is 13.2 Å². The Kier molecular flexibility index (Phi) is 3.69. The molecule has 0 amide bonds. The lowest BCUT2D eigenvalue weighted by Gasteiger charge is -2.23. The minimum absolute atomic E-state index is 0.0700. The fourth-order valence-corrected chi connectivity index (χ4v) is 1.40. The number of halogens is 4. The fourth-order valence-electron chi connectivity index (χ4n) is 1.40. The van der Waals surface area contributed by atoms with Crippen molar-refractivity contribution in [2.75, 3.05) is 31.3 Å². The van der Waals surface area contributed by atoms with Gasteiger partial charge in [0.05, 0.1) is 18.5 Å². The minimum atomic E-state index is -4.36. The first-order valence-corrected chi connectivity index (χ1v) is 4.65. The van der Waals surface area contributed by atoms with Gasteiger partial charge in [0, 0.05) is 19.2 Å². The van der Waals surface area contributed by atoms with E-state index in [1.165, 1.54) is 14.2 Å². The number of methoxy groups -OCH3 is 1. The standard InChI is InChI=1S/C10H12F4N2O/c1-16(5-10(12,13)14)8-4-9(17-2)6(11)3-7(8)15/h3-4H,5,15H2,1-2H3. The van der Waals surface area contributed by atoms with Gasteiger partial charge in [-0.05, 0) is 0 Å². The van der Waals surface area contributed by atoms with E-state index in [2.05, 4.69) is 4.74 Å². The lowest BCUT2D eigenvalue weighted by atomic mass is 10.2. The summed E-state index contributed by atoms with van der Waals surface area (Å²) in [4.78, 5) is 0.886. The molecule has 1 rings (SSSR count). The van der Waals surface area contributed by atoms with Crippen LogP contribution in [-0.4, -0.2) is 26.9 Å². The van der Waals surface area contributed by atoms with E-state index in [9.17, 15) is 17.6 Å². The SMILES string of the molecule is COc1cc(N(C)CC(F)(F)F)c(N)cc1F. The molecule has 0 bridgehead atoms. The highest BCUT2D eigenvalue weighted by molar-refractivity contribution is 5.69. The molecule has 0 radical (unpaired) electrons. The van der Waals surface area contributed by atoms with E-state index in [1.54, 1.807) is 0 Å². The Morgan fingerprint density at radius 3 is 2.41 bits per heavy atom. The van der Waals surface area contributed by atoms with E-state index in [-0.39, 0.29) is 17.1 Å². The maximum absolute atomic E-state index is 13.2. The highest BCUT2D eigenvalue weighted by atomic mass is 19.4. The van der Waals surface area contributed by atoms with Crippen LogP contribution in [0, 0.1) is 5.82 Å². The molecule has 3 nitrogen and oxygen atoms in total. The molecule has 0 atom stereocenters. The van der Waals surface area contributed by atoms with Crippen molar-refractivity contribution >= 4 is 11.4 Å². The Morgan fingerprint density at radius 2 is 1.94 bits per heavy atom. The van der Waals surface area contributed by atoms with Crippen molar-refractivity contribution in [1.29, 1.82) is 0 Å². The van der Waals surface area contributed by atoms with Crippen LogP contribution in [0.4, 0.5) is 28.9 Å². The zero-order valence-corrected chi connectivity index (χ0v) is 9.31. The van der Waals surface area contributed by atoms with E-state index >= 15 is 0 Å². The molecule has 0 aromatic heterocycles. The third-order valence-corrected chi connectivity index (χ3v) is 2.13. The van der Waals surface area contributed by atoms with Crippen LogP contribution in [0.15, 0.2) is 12.1 Å². The molecule has 1 aromatic rings. The minimum Gasteiger partial charge on any atom is -0.494 e. The zero-order chi connectivity index (χ0) is 13.2. The van der Waals surface area contributed by atoms with Gasteiger partial charge in [-0.25, -0.2) is 4.39 Å². The van der Waals surface area contributed by atoms with Gasteiger partial charge in [0.25, 0.3) is 0 Å². The Balaban J connectivity index is 3.05. The molecule has 0 saturated heterocycles. The van der Waals surface area contributed by atoms with Gasteiger partial charge in [0.15, 0.2) is 11.6 Å². The second-order valence-corrected chi connectivity index (χ2v) is 3.52. The quantitative estimate of drug-likeness (QED) is 0.663. The summed E-state index contributed by atoms with van der Waals surface area (Å²) in [5.74, 6) is -0.864. The smallest absolute Gasteiger partial charge is 0.405 e. The van der Waals surface area contributed by atoms with Gasteiger partial charge < -0.3 is 15.4 Å². The number of nitrogens with two attached hydrogens (primary N) is 1. The first-order chi connectivity index (χ1) is 7.74. The zero-order valence-electron chi connectivity index (χ0n) is 9.31. The fraction of sp³-hybridized carbons (Fsp3) is 0.400. The second kappa shape index (κ2) is 4.68. The van der Waals surface area contributed by atoms with Crippen LogP contribution in [0.2, 0.25) is 0 Å². The normalized spacial score (nSPS) is 11.4. The monoisotopic (exact) mass is 252 g/mol. The number of hydrogen-bond donors (Lipinski definition) is 1. The Bertz CT molecular complexity index is 406. The molecule has 0 aliphatic heterocycles. The number of benzene rings is 1. The summed E-state index contributed by atoms with van der Waals surface area (Å²) >= 11 is 0. The largest absolute Gasteiger partial charge is 0.494 e. The summed E-state index contributed by atoms with van der Waals surface area (Å²) in [5, 5.41) is 0. The third-order valence-electron chi connectivity index (χ3n) is 2.13. The summed E-state index contributed by atoms with van der Waals surface area (Å²) in [6, 6.07) is 2.07.